The third-order valence-electron chi connectivity index (χ3n) is 4.55. The fraction of sp³-hybridized carbons (Fsp3) is 0.316. The molecule has 0 aliphatic heterocycles. The summed E-state index contributed by atoms with van der Waals surface area (Å²) in [7, 11) is 0. The zero-order valence-electron chi connectivity index (χ0n) is 13.0. The smallest absolute Gasteiger partial charge is 0.221 e. The molecule has 1 atom stereocenters. The maximum Gasteiger partial charge on any atom is 0.221 e. The fourth-order valence-corrected chi connectivity index (χ4v) is 2.89. The lowest BCUT2D eigenvalue weighted by Crippen LogP contribution is -2.34. The maximum atomic E-state index is 13.4. The highest BCUT2D eigenvalue weighted by atomic mass is 19.1. The van der Waals surface area contributed by atoms with E-state index in [9.17, 15) is 9.18 Å². The molecule has 3 rings (SSSR count). The molecular formula is C19H21FN2O. The third kappa shape index (κ3) is 3.77. The van der Waals surface area contributed by atoms with Gasteiger partial charge in [-0.25, -0.2) is 4.39 Å². The van der Waals surface area contributed by atoms with Crippen LogP contribution in [-0.2, 0) is 10.2 Å². The second-order valence-corrected chi connectivity index (χ2v) is 6.29. The number of amides is 1. The number of nitrogens with two attached hydrogens (primary N) is 1. The minimum atomic E-state index is -0.305. The van der Waals surface area contributed by atoms with Crippen molar-refractivity contribution >= 4 is 5.91 Å². The maximum absolute atomic E-state index is 13.4. The van der Waals surface area contributed by atoms with E-state index in [1.54, 1.807) is 12.1 Å². The van der Waals surface area contributed by atoms with Gasteiger partial charge in [0.25, 0.3) is 0 Å². The van der Waals surface area contributed by atoms with Gasteiger partial charge in [-0.05, 0) is 36.1 Å². The number of hydrogen-bond donors (Lipinski definition) is 2. The van der Waals surface area contributed by atoms with Crippen LogP contribution in [0.15, 0.2) is 54.6 Å². The highest BCUT2D eigenvalue weighted by Gasteiger charge is 2.44. The predicted molar refractivity (Wildman–Crippen MR) is 88.3 cm³/mol. The van der Waals surface area contributed by atoms with Crippen LogP contribution in [0.2, 0.25) is 0 Å². The first-order chi connectivity index (χ1) is 11.1. The van der Waals surface area contributed by atoms with Gasteiger partial charge in [0.15, 0.2) is 0 Å². The zero-order chi connectivity index (χ0) is 16.3. The Labute approximate surface area is 135 Å². The van der Waals surface area contributed by atoms with Crippen LogP contribution in [0, 0.1) is 5.82 Å². The molecule has 3 N–H and O–H groups in total. The summed E-state index contributed by atoms with van der Waals surface area (Å²) in [5.74, 6) is -0.296. The van der Waals surface area contributed by atoms with Crippen molar-refractivity contribution in [1.82, 2.24) is 5.32 Å². The van der Waals surface area contributed by atoms with E-state index in [1.807, 2.05) is 36.4 Å². The van der Waals surface area contributed by atoms with Crippen LogP contribution < -0.4 is 11.1 Å². The molecule has 2 aromatic carbocycles. The Kier molecular flexibility index (Phi) is 4.44. The molecule has 3 nitrogen and oxygen atoms in total. The molecule has 0 heterocycles. The lowest BCUT2D eigenvalue weighted by atomic mass is 9.95. The van der Waals surface area contributed by atoms with Crippen molar-refractivity contribution in [3.8, 4) is 0 Å². The summed E-state index contributed by atoms with van der Waals surface area (Å²) in [5.41, 5.74) is 7.88. The van der Waals surface area contributed by atoms with Gasteiger partial charge in [-0.1, -0.05) is 42.5 Å². The van der Waals surface area contributed by atoms with E-state index < -0.39 is 0 Å². The summed E-state index contributed by atoms with van der Waals surface area (Å²) in [4.78, 5) is 12.1. The molecule has 1 unspecified atom stereocenters. The average Bonchev–Trinajstić information content (AvgIpc) is 3.35. The van der Waals surface area contributed by atoms with E-state index in [0.717, 1.165) is 24.0 Å². The minimum absolute atomic E-state index is 0.0657. The van der Waals surface area contributed by atoms with Gasteiger partial charge in [0, 0.05) is 24.4 Å². The van der Waals surface area contributed by atoms with E-state index in [4.69, 9.17) is 5.73 Å². The minimum Gasteiger partial charge on any atom is -0.355 e. The fourth-order valence-electron chi connectivity index (χ4n) is 2.89. The Morgan fingerprint density at radius 3 is 2.57 bits per heavy atom. The Hall–Kier alpha value is -2.20. The second kappa shape index (κ2) is 6.50. The lowest BCUT2D eigenvalue weighted by Gasteiger charge is -2.18. The van der Waals surface area contributed by atoms with E-state index in [2.05, 4.69) is 5.32 Å². The number of halogens is 1. The normalized spacial score (nSPS) is 16.6. The summed E-state index contributed by atoms with van der Waals surface area (Å²) >= 11 is 0. The van der Waals surface area contributed by atoms with E-state index in [0.29, 0.717) is 6.54 Å². The lowest BCUT2D eigenvalue weighted by molar-refractivity contribution is -0.121. The summed E-state index contributed by atoms with van der Waals surface area (Å²) in [6.07, 6.45) is 2.20. The first-order valence-corrected chi connectivity index (χ1v) is 7.92. The van der Waals surface area contributed by atoms with Crippen molar-refractivity contribution in [2.75, 3.05) is 6.54 Å². The number of nitrogens with one attached hydrogen (secondary N) is 1. The van der Waals surface area contributed by atoms with Crippen molar-refractivity contribution in [3.63, 3.8) is 0 Å². The summed E-state index contributed by atoms with van der Waals surface area (Å²) in [6, 6.07) is 15.9. The molecule has 1 aliphatic carbocycles. The van der Waals surface area contributed by atoms with Crippen LogP contribution in [0.3, 0.4) is 0 Å². The van der Waals surface area contributed by atoms with Crippen molar-refractivity contribution in [2.45, 2.75) is 30.7 Å². The number of benzene rings is 2. The zero-order valence-corrected chi connectivity index (χ0v) is 13.0. The molecule has 2 aromatic rings. The van der Waals surface area contributed by atoms with Crippen LogP contribution in [-0.4, -0.2) is 12.5 Å². The molecule has 1 aliphatic rings. The topological polar surface area (TPSA) is 55.1 Å². The Balaban J connectivity index is 1.55. The first kappa shape index (κ1) is 15.7. The molecule has 1 fully saturated rings. The first-order valence-electron chi connectivity index (χ1n) is 7.92. The van der Waals surface area contributed by atoms with Crippen LogP contribution >= 0.6 is 0 Å². The van der Waals surface area contributed by atoms with Crippen LogP contribution in [0.25, 0.3) is 0 Å². The summed E-state index contributed by atoms with van der Waals surface area (Å²) in [6.45, 7) is 0.538. The molecule has 1 saturated carbocycles. The van der Waals surface area contributed by atoms with Crippen molar-refractivity contribution < 1.29 is 9.18 Å². The third-order valence-corrected chi connectivity index (χ3v) is 4.55. The molecule has 0 bridgehead atoms. The summed E-state index contributed by atoms with van der Waals surface area (Å²) in [5, 5.41) is 2.96. The Morgan fingerprint density at radius 1 is 1.17 bits per heavy atom. The molecule has 0 aromatic heterocycles. The molecular weight excluding hydrogens is 291 g/mol. The summed E-state index contributed by atoms with van der Waals surface area (Å²) < 4.78 is 13.4. The van der Waals surface area contributed by atoms with Crippen molar-refractivity contribution in [1.29, 1.82) is 0 Å². The molecule has 0 radical (unpaired) electrons. The van der Waals surface area contributed by atoms with Crippen molar-refractivity contribution in [2.24, 2.45) is 5.73 Å². The van der Waals surface area contributed by atoms with Gasteiger partial charge < -0.3 is 11.1 Å². The Bertz CT molecular complexity index is 683. The number of hydrogen-bond acceptors (Lipinski definition) is 2. The van der Waals surface area contributed by atoms with E-state index in [-0.39, 0.29) is 29.6 Å². The van der Waals surface area contributed by atoms with E-state index >= 15 is 0 Å². The average molecular weight is 312 g/mol. The Morgan fingerprint density at radius 2 is 1.91 bits per heavy atom. The second-order valence-electron chi connectivity index (χ2n) is 6.29. The van der Waals surface area contributed by atoms with Gasteiger partial charge in [-0.2, -0.15) is 0 Å². The largest absolute Gasteiger partial charge is 0.355 e. The van der Waals surface area contributed by atoms with Gasteiger partial charge in [-0.15, -0.1) is 0 Å². The van der Waals surface area contributed by atoms with Crippen LogP contribution in [0.1, 0.15) is 36.4 Å². The van der Waals surface area contributed by atoms with Gasteiger partial charge in [0.2, 0.25) is 5.91 Å². The molecule has 0 saturated heterocycles. The van der Waals surface area contributed by atoms with Gasteiger partial charge in [0.1, 0.15) is 5.82 Å². The molecule has 23 heavy (non-hydrogen) atoms. The van der Waals surface area contributed by atoms with Gasteiger partial charge in [0.05, 0.1) is 0 Å². The monoisotopic (exact) mass is 312 g/mol. The highest BCUT2D eigenvalue weighted by molar-refractivity contribution is 5.77. The van der Waals surface area contributed by atoms with Crippen LogP contribution in [0.4, 0.5) is 4.39 Å². The molecule has 4 heteroatoms. The molecule has 120 valence electrons. The molecule has 1 amide bonds. The van der Waals surface area contributed by atoms with E-state index in [1.165, 1.54) is 6.07 Å². The number of rotatable bonds is 6. The number of carbonyl (C=O) groups is 1. The van der Waals surface area contributed by atoms with Crippen molar-refractivity contribution in [3.05, 3.63) is 71.5 Å². The van der Waals surface area contributed by atoms with Gasteiger partial charge >= 0.3 is 0 Å². The van der Waals surface area contributed by atoms with Gasteiger partial charge in [-0.3, -0.25) is 4.79 Å². The highest BCUT2D eigenvalue weighted by Crippen LogP contribution is 2.47. The number of carbonyl (C=O) groups excluding carboxylic acids is 1. The van der Waals surface area contributed by atoms with Crippen LogP contribution in [0.5, 0.6) is 0 Å². The standard InChI is InChI=1S/C19H21FN2O/c20-16-8-4-7-15(11-16)19(9-10-19)13-22-18(23)12-17(21)14-5-2-1-3-6-14/h1-8,11,17H,9-10,12-13,21H2,(H,22,23). The molecule has 0 spiro atoms. The SMILES string of the molecule is NC(CC(=O)NCC1(c2cccc(F)c2)CC1)c1ccccc1. The predicted octanol–water partition coefficient (Wildman–Crippen LogP) is 3.06. The quantitative estimate of drug-likeness (QED) is 0.861.